The molecule has 19 heavy (non-hydrogen) atoms. The van der Waals surface area contributed by atoms with Crippen LogP contribution in [0.25, 0.3) is 0 Å². The molecule has 2 rings (SSSR count). The van der Waals surface area contributed by atoms with E-state index in [1.54, 1.807) is 0 Å². The van der Waals surface area contributed by atoms with Crippen molar-refractivity contribution in [1.29, 1.82) is 0 Å². The van der Waals surface area contributed by atoms with Crippen molar-refractivity contribution in [3.8, 4) is 0 Å². The maximum atomic E-state index is 11.9. The molecule has 0 spiro atoms. The number of halogens is 2. The molecule has 2 N–H and O–H groups in total. The standard InChI is InChI=1S/C13H25N3O.2ClH/c1-16-7-4-11(5-8-16)9-15-13(17)12-3-2-6-14-10-12;;/h11-12,14H,2-10H2,1H3,(H,15,17);2*1H/t12-;;/m1../s1. The lowest BCUT2D eigenvalue weighted by Crippen LogP contribution is -2.43. The Bertz CT molecular complexity index is 252. The monoisotopic (exact) mass is 311 g/mol. The minimum atomic E-state index is 0. The van der Waals surface area contributed by atoms with Crippen molar-refractivity contribution in [2.24, 2.45) is 11.8 Å². The van der Waals surface area contributed by atoms with Crippen LogP contribution in [-0.2, 0) is 4.79 Å². The van der Waals surface area contributed by atoms with E-state index < -0.39 is 0 Å². The van der Waals surface area contributed by atoms with Crippen LogP contribution in [0.5, 0.6) is 0 Å². The highest BCUT2D eigenvalue weighted by atomic mass is 35.5. The molecule has 0 unspecified atom stereocenters. The van der Waals surface area contributed by atoms with Gasteiger partial charge in [0.2, 0.25) is 5.91 Å². The molecule has 1 amide bonds. The maximum absolute atomic E-state index is 11.9. The van der Waals surface area contributed by atoms with E-state index in [2.05, 4.69) is 22.6 Å². The van der Waals surface area contributed by atoms with Gasteiger partial charge in [0.05, 0.1) is 5.92 Å². The normalized spacial score (nSPS) is 25.0. The van der Waals surface area contributed by atoms with Crippen molar-refractivity contribution in [1.82, 2.24) is 15.5 Å². The van der Waals surface area contributed by atoms with E-state index in [0.717, 1.165) is 32.5 Å². The summed E-state index contributed by atoms with van der Waals surface area (Å²) >= 11 is 0. The molecule has 2 aliphatic heterocycles. The first kappa shape index (κ1) is 19.0. The van der Waals surface area contributed by atoms with Crippen LogP contribution in [0.15, 0.2) is 0 Å². The third kappa shape index (κ3) is 6.30. The summed E-state index contributed by atoms with van der Waals surface area (Å²) < 4.78 is 0. The fourth-order valence-electron chi connectivity index (χ4n) is 2.73. The van der Waals surface area contributed by atoms with Crippen molar-refractivity contribution >= 4 is 30.7 Å². The van der Waals surface area contributed by atoms with Gasteiger partial charge in [-0.25, -0.2) is 0 Å². The molecule has 2 fully saturated rings. The number of nitrogens with one attached hydrogen (secondary N) is 2. The van der Waals surface area contributed by atoms with Gasteiger partial charge in [-0.2, -0.15) is 0 Å². The first-order valence-corrected chi connectivity index (χ1v) is 6.92. The lowest BCUT2D eigenvalue weighted by molar-refractivity contribution is -0.125. The lowest BCUT2D eigenvalue weighted by atomic mass is 9.95. The van der Waals surface area contributed by atoms with Crippen LogP contribution in [0.1, 0.15) is 25.7 Å². The van der Waals surface area contributed by atoms with Gasteiger partial charge in [0.15, 0.2) is 0 Å². The molecule has 0 aromatic rings. The number of hydrogen-bond acceptors (Lipinski definition) is 3. The number of likely N-dealkylation sites (tertiary alicyclic amines) is 1. The van der Waals surface area contributed by atoms with Gasteiger partial charge in [0, 0.05) is 13.1 Å². The van der Waals surface area contributed by atoms with Crippen LogP contribution in [0.3, 0.4) is 0 Å². The second-order valence-corrected chi connectivity index (χ2v) is 5.54. The van der Waals surface area contributed by atoms with E-state index in [1.807, 2.05) is 0 Å². The number of rotatable bonds is 3. The quantitative estimate of drug-likeness (QED) is 0.825. The summed E-state index contributed by atoms with van der Waals surface area (Å²) in [6.07, 6.45) is 4.62. The number of nitrogens with zero attached hydrogens (tertiary/aromatic N) is 1. The van der Waals surface area contributed by atoms with E-state index >= 15 is 0 Å². The predicted molar refractivity (Wildman–Crippen MR) is 83.3 cm³/mol. The Kier molecular flexibility index (Phi) is 9.79. The summed E-state index contributed by atoms with van der Waals surface area (Å²) in [6, 6.07) is 0. The molecule has 1 atom stereocenters. The van der Waals surface area contributed by atoms with Gasteiger partial charge in [-0.15, -0.1) is 24.8 Å². The largest absolute Gasteiger partial charge is 0.356 e. The predicted octanol–water partition coefficient (Wildman–Crippen LogP) is 1.29. The lowest BCUT2D eigenvalue weighted by Gasteiger charge is -2.29. The number of amides is 1. The summed E-state index contributed by atoms with van der Waals surface area (Å²) in [4.78, 5) is 14.3. The summed E-state index contributed by atoms with van der Waals surface area (Å²) in [5, 5.41) is 6.43. The van der Waals surface area contributed by atoms with Gasteiger partial charge in [0.1, 0.15) is 0 Å². The summed E-state index contributed by atoms with van der Waals surface area (Å²) in [5.74, 6) is 1.15. The zero-order valence-corrected chi connectivity index (χ0v) is 13.3. The first-order chi connectivity index (χ1) is 8.25. The number of piperidine rings is 2. The third-order valence-electron chi connectivity index (χ3n) is 4.07. The smallest absolute Gasteiger partial charge is 0.224 e. The van der Waals surface area contributed by atoms with Crippen LogP contribution in [-0.4, -0.2) is 50.6 Å². The molecule has 2 heterocycles. The van der Waals surface area contributed by atoms with Gasteiger partial charge in [0.25, 0.3) is 0 Å². The minimum Gasteiger partial charge on any atom is -0.356 e. The molecule has 6 heteroatoms. The Hall–Kier alpha value is -0.0300. The summed E-state index contributed by atoms with van der Waals surface area (Å²) in [5.41, 5.74) is 0. The van der Waals surface area contributed by atoms with E-state index in [1.165, 1.54) is 25.9 Å². The Morgan fingerprint density at radius 3 is 2.53 bits per heavy atom. The van der Waals surface area contributed by atoms with Gasteiger partial charge in [-0.1, -0.05) is 0 Å². The van der Waals surface area contributed by atoms with Crippen LogP contribution >= 0.6 is 24.8 Å². The highest BCUT2D eigenvalue weighted by Gasteiger charge is 2.22. The first-order valence-electron chi connectivity index (χ1n) is 6.92. The molecule has 2 aliphatic rings. The molecule has 114 valence electrons. The van der Waals surface area contributed by atoms with Crippen LogP contribution in [0.4, 0.5) is 0 Å². The highest BCUT2D eigenvalue weighted by Crippen LogP contribution is 2.15. The SMILES string of the molecule is CN1CCC(CNC(=O)[C@@H]2CCCNC2)CC1.Cl.Cl. The number of carbonyl (C=O) groups is 1. The van der Waals surface area contributed by atoms with E-state index in [4.69, 9.17) is 0 Å². The highest BCUT2D eigenvalue weighted by molar-refractivity contribution is 5.85. The van der Waals surface area contributed by atoms with E-state index in [9.17, 15) is 4.79 Å². The van der Waals surface area contributed by atoms with Crippen molar-refractivity contribution in [2.75, 3.05) is 39.8 Å². The number of hydrogen-bond donors (Lipinski definition) is 2. The van der Waals surface area contributed by atoms with Crippen molar-refractivity contribution < 1.29 is 4.79 Å². The van der Waals surface area contributed by atoms with Gasteiger partial charge >= 0.3 is 0 Å². The zero-order chi connectivity index (χ0) is 12.1. The topological polar surface area (TPSA) is 44.4 Å². The second kappa shape index (κ2) is 9.81. The molecule has 0 aliphatic carbocycles. The van der Waals surface area contributed by atoms with Crippen molar-refractivity contribution in [3.63, 3.8) is 0 Å². The molecular weight excluding hydrogens is 285 g/mol. The molecule has 0 bridgehead atoms. The van der Waals surface area contributed by atoms with Crippen LogP contribution in [0, 0.1) is 11.8 Å². The summed E-state index contributed by atoms with van der Waals surface area (Å²) in [7, 11) is 2.17. The molecular formula is C13H27Cl2N3O. The second-order valence-electron chi connectivity index (χ2n) is 5.54. The average molecular weight is 312 g/mol. The van der Waals surface area contributed by atoms with Gasteiger partial charge in [-0.3, -0.25) is 4.79 Å². The molecule has 0 aromatic carbocycles. The Labute approximate surface area is 128 Å². The van der Waals surface area contributed by atoms with Gasteiger partial charge in [-0.05, 0) is 58.3 Å². The Morgan fingerprint density at radius 2 is 1.95 bits per heavy atom. The third-order valence-corrected chi connectivity index (χ3v) is 4.07. The van der Waals surface area contributed by atoms with E-state index in [0.29, 0.717) is 5.92 Å². The van der Waals surface area contributed by atoms with Gasteiger partial charge < -0.3 is 15.5 Å². The van der Waals surface area contributed by atoms with Crippen LogP contribution in [0.2, 0.25) is 0 Å². The Balaban J connectivity index is 0.00000162. The molecule has 0 aromatic heterocycles. The fourth-order valence-corrected chi connectivity index (χ4v) is 2.73. The van der Waals surface area contributed by atoms with Crippen LogP contribution < -0.4 is 10.6 Å². The van der Waals surface area contributed by atoms with Crippen molar-refractivity contribution in [2.45, 2.75) is 25.7 Å². The minimum absolute atomic E-state index is 0. The molecule has 2 saturated heterocycles. The average Bonchev–Trinajstić information content (AvgIpc) is 2.39. The van der Waals surface area contributed by atoms with Crippen molar-refractivity contribution in [3.05, 3.63) is 0 Å². The molecule has 4 nitrogen and oxygen atoms in total. The molecule has 0 radical (unpaired) electrons. The fraction of sp³-hybridized carbons (Fsp3) is 0.923. The number of carbonyl (C=O) groups excluding carboxylic acids is 1. The molecule has 0 saturated carbocycles. The zero-order valence-electron chi connectivity index (χ0n) is 11.7. The maximum Gasteiger partial charge on any atom is 0.224 e. The summed E-state index contributed by atoms with van der Waals surface area (Å²) in [6.45, 7) is 5.15. The Morgan fingerprint density at radius 1 is 1.26 bits per heavy atom. The van der Waals surface area contributed by atoms with E-state index in [-0.39, 0.29) is 36.6 Å².